The molecule has 1 aliphatic rings. The Labute approximate surface area is 146 Å². The summed E-state index contributed by atoms with van der Waals surface area (Å²) in [6.45, 7) is 0.465. The molecule has 2 heterocycles. The molecule has 1 aromatic carbocycles. The average molecular weight is 342 g/mol. The Hall–Kier alpha value is -2.83. The molecule has 1 aromatic heterocycles. The maximum atomic E-state index is 12.3. The number of aromatic amines is 1. The summed E-state index contributed by atoms with van der Waals surface area (Å²) >= 11 is 0. The van der Waals surface area contributed by atoms with Gasteiger partial charge in [-0.05, 0) is 30.5 Å². The minimum atomic E-state index is -0.168. The molecule has 2 N–H and O–H groups in total. The largest absolute Gasteiger partial charge is 0.495 e. The number of rotatable bonds is 7. The quantitative estimate of drug-likeness (QED) is 0.801. The summed E-state index contributed by atoms with van der Waals surface area (Å²) in [5.74, 6) is 0.624. The van der Waals surface area contributed by atoms with Gasteiger partial charge in [0.15, 0.2) is 0 Å². The number of carbonyl (C=O) groups is 2. The standard InChI is InChI=1S/C18H22N4O3/c1-25-16-7-3-2-6-15(16)22-12-14(9-18(22)24)21-17(23)8-4-5-13-10-19-20-11-13/h2-3,6-7,10-11,14H,4-5,8-9,12H2,1H3,(H,19,20)(H,21,23). The number of aryl methyl sites for hydroxylation is 1. The van der Waals surface area contributed by atoms with Gasteiger partial charge in [0.05, 0.1) is 25.0 Å². The van der Waals surface area contributed by atoms with E-state index in [0.717, 1.165) is 24.1 Å². The van der Waals surface area contributed by atoms with Crippen LogP contribution in [0.5, 0.6) is 5.75 Å². The number of benzene rings is 1. The monoisotopic (exact) mass is 342 g/mol. The van der Waals surface area contributed by atoms with Crippen LogP contribution in [0.25, 0.3) is 0 Å². The number of nitrogens with zero attached hydrogens (tertiary/aromatic N) is 2. The number of anilines is 1. The summed E-state index contributed by atoms with van der Waals surface area (Å²) in [7, 11) is 1.58. The normalized spacial score (nSPS) is 16.9. The van der Waals surface area contributed by atoms with Crippen LogP contribution < -0.4 is 15.0 Å². The molecule has 1 unspecified atom stereocenters. The highest BCUT2D eigenvalue weighted by Crippen LogP contribution is 2.30. The van der Waals surface area contributed by atoms with Crippen molar-refractivity contribution >= 4 is 17.5 Å². The number of nitrogens with one attached hydrogen (secondary N) is 2. The highest BCUT2D eigenvalue weighted by molar-refractivity contribution is 5.98. The van der Waals surface area contributed by atoms with Crippen LogP contribution >= 0.6 is 0 Å². The zero-order chi connectivity index (χ0) is 17.6. The van der Waals surface area contributed by atoms with Gasteiger partial charge >= 0.3 is 0 Å². The first-order valence-electron chi connectivity index (χ1n) is 8.38. The molecule has 7 nitrogen and oxygen atoms in total. The topological polar surface area (TPSA) is 87.3 Å². The van der Waals surface area contributed by atoms with Gasteiger partial charge in [-0.3, -0.25) is 14.7 Å². The fourth-order valence-corrected chi connectivity index (χ4v) is 3.06. The minimum absolute atomic E-state index is 0.00630. The van der Waals surface area contributed by atoms with E-state index in [0.29, 0.717) is 25.1 Å². The molecule has 1 fully saturated rings. The van der Waals surface area contributed by atoms with Gasteiger partial charge in [0.2, 0.25) is 11.8 Å². The summed E-state index contributed by atoms with van der Waals surface area (Å²) < 4.78 is 5.32. The summed E-state index contributed by atoms with van der Waals surface area (Å²) in [4.78, 5) is 26.1. The second-order valence-corrected chi connectivity index (χ2v) is 6.10. The second-order valence-electron chi connectivity index (χ2n) is 6.10. The Balaban J connectivity index is 1.51. The van der Waals surface area contributed by atoms with Crippen molar-refractivity contribution in [2.24, 2.45) is 0 Å². The third-order valence-corrected chi connectivity index (χ3v) is 4.29. The highest BCUT2D eigenvalue weighted by atomic mass is 16.5. The Morgan fingerprint density at radius 3 is 3.04 bits per heavy atom. The van der Waals surface area contributed by atoms with Crippen molar-refractivity contribution in [3.05, 3.63) is 42.2 Å². The summed E-state index contributed by atoms with van der Waals surface area (Å²) in [5.41, 5.74) is 1.83. The molecule has 2 amide bonds. The Morgan fingerprint density at radius 2 is 2.28 bits per heavy atom. The molecular formula is C18H22N4O3. The number of hydrogen-bond acceptors (Lipinski definition) is 4. The third kappa shape index (κ3) is 4.17. The number of H-pyrrole nitrogens is 1. The molecule has 2 aromatic rings. The number of methoxy groups -OCH3 is 1. The van der Waals surface area contributed by atoms with Gasteiger partial charge in [-0.1, -0.05) is 12.1 Å². The molecule has 25 heavy (non-hydrogen) atoms. The molecule has 0 aliphatic carbocycles. The number of amides is 2. The second kappa shape index (κ2) is 7.83. The summed E-state index contributed by atoms with van der Waals surface area (Å²) in [6.07, 6.45) is 5.90. The molecule has 0 spiro atoms. The van der Waals surface area contributed by atoms with Gasteiger partial charge < -0.3 is 15.0 Å². The Kier molecular flexibility index (Phi) is 5.33. The van der Waals surface area contributed by atoms with Crippen molar-refractivity contribution in [3.8, 4) is 5.75 Å². The van der Waals surface area contributed by atoms with Crippen molar-refractivity contribution in [1.29, 1.82) is 0 Å². The smallest absolute Gasteiger partial charge is 0.229 e. The molecule has 132 valence electrons. The van der Waals surface area contributed by atoms with E-state index < -0.39 is 0 Å². The summed E-state index contributed by atoms with van der Waals surface area (Å²) in [6, 6.07) is 7.24. The first kappa shape index (κ1) is 17.0. The highest BCUT2D eigenvalue weighted by Gasteiger charge is 2.32. The molecule has 7 heteroatoms. The van der Waals surface area contributed by atoms with Crippen LogP contribution in [0.3, 0.4) is 0 Å². The summed E-state index contributed by atoms with van der Waals surface area (Å²) in [5, 5.41) is 9.60. The van der Waals surface area contributed by atoms with E-state index in [-0.39, 0.29) is 17.9 Å². The van der Waals surface area contributed by atoms with Crippen LogP contribution in [0.1, 0.15) is 24.8 Å². The SMILES string of the molecule is COc1ccccc1N1CC(NC(=O)CCCc2cn[nH]c2)CC1=O. The minimum Gasteiger partial charge on any atom is -0.495 e. The van der Waals surface area contributed by atoms with Crippen LogP contribution in [0, 0.1) is 0 Å². The molecule has 1 aliphatic heterocycles. The maximum absolute atomic E-state index is 12.3. The molecular weight excluding hydrogens is 320 g/mol. The fourth-order valence-electron chi connectivity index (χ4n) is 3.06. The van der Waals surface area contributed by atoms with E-state index in [4.69, 9.17) is 4.74 Å². The predicted octanol–water partition coefficient (Wildman–Crippen LogP) is 1.66. The number of aromatic nitrogens is 2. The number of para-hydroxylation sites is 2. The van der Waals surface area contributed by atoms with Gasteiger partial charge in [0.1, 0.15) is 5.75 Å². The van der Waals surface area contributed by atoms with Crippen molar-refractivity contribution < 1.29 is 14.3 Å². The van der Waals surface area contributed by atoms with Crippen LogP contribution in [0.15, 0.2) is 36.7 Å². The van der Waals surface area contributed by atoms with Crippen LogP contribution in [-0.4, -0.2) is 41.7 Å². The Morgan fingerprint density at radius 1 is 1.44 bits per heavy atom. The lowest BCUT2D eigenvalue weighted by atomic mass is 10.1. The van der Waals surface area contributed by atoms with Gasteiger partial charge in [-0.2, -0.15) is 5.10 Å². The average Bonchev–Trinajstić information content (AvgIpc) is 3.24. The van der Waals surface area contributed by atoms with E-state index in [9.17, 15) is 9.59 Å². The third-order valence-electron chi connectivity index (χ3n) is 4.29. The number of ether oxygens (including phenoxy) is 1. The molecule has 1 atom stereocenters. The first-order chi connectivity index (χ1) is 12.2. The van der Waals surface area contributed by atoms with Crippen molar-refractivity contribution in [2.45, 2.75) is 31.7 Å². The van der Waals surface area contributed by atoms with Crippen LogP contribution in [0.2, 0.25) is 0 Å². The lowest BCUT2D eigenvalue weighted by Crippen LogP contribution is -2.37. The Bertz CT molecular complexity index is 730. The maximum Gasteiger partial charge on any atom is 0.229 e. The van der Waals surface area contributed by atoms with Crippen LogP contribution in [-0.2, 0) is 16.0 Å². The fraction of sp³-hybridized carbons (Fsp3) is 0.389. The molecule has 0 saturated carbocycles. The lowest BCUT2D eigenvalue weighted by molar-refractivity contribution is -0.121. The number of hydrogen-bond donors (Lipinski definition) is 2. The van der Waals surface area contributed by atoms with E-state index in [1.165, 1.54) is 0 Å². The van der Waals surface area contributed by atoms with Gasteiger partial charge in [0.25, 0.3) is 0 Å². The molecule has 0 bridgehead atoms. The molecule has 0 radical (unpaired) electrons. The predicted molar refractivity (Wildman–Crippen MR) is 93.4 cm³/mol. The van der Waals surface area contributed by atoms with Crippen molar-refractivity contribution in [3.63, 3.8) is 0 Å². The van der Waals surface area contributed by atoms with Crippen molar-refractivity contribution in [1.82, 2.24) is 15.5 Å². The van der Waals surface area contributed by atoms with Gasteiger partial charge in [0, 0.05) is 25.6 Å². The van der Waals surface area contributed by atoms with Gasteiger partial charge in [-0.25, -0.2) is 0 Å². The van der Waals surface area contributed by atoms with E-state index in [1.807, 2.05) is 30.5 Å². The van der Waals surface area contributed by atoms with Crippen molar-refractivity contribution in [2.75, 3.05) is 18.6 Å². The first-order valence-corrected chi connectivity index (χ1v) is 8.38. The number of carbonyl (C=O) groups excluding carboxylic acids is 2. The molecule has 3 rings (SSSR count). The lowest BCUT2D eigenvalue weighted by Gasteiger charge is -2.19. The van der Waals surface area contributed by atoms with Gasteiger partial charge in [-0.15, -0.1) is 0 Å². The van der Waals surface area contributed by atoms with Crippen LogP contribution in [0.4, 0.5) is 5.69 Å². The van der Waals surface area contributed by atoms with E-state index in [1.54, 1.807) is 18.2 Å². The zero-order valence-corrected chi connectivity index (χ0v) is 14.2. The van der Waals surface area contributed by atoms with E-state index in [2.05, 4.69) is 15.5 Å². The van der Waals surface area contributed by atoms with E-state index >= 15 is 0 Å². The molecule has 1 saturated heterocycles. The zero-order valence-electron chi connectivity index (χ0n) is 14.2.